The maximum Gasteiger partial charge on any atom is 0.0168 e. The second kappa shape index (κ2) is 3.46. The van der Waals surface area contributed by atoms with Gasteiger partial charge in [0.1, 0.15) is 0 Å². The minimum Gasteiger partial charge on any atom is -0.329 e. The van der Waals surface area contributed by atoms with E-state index in [2.05, 4.69) is 0 Å². The first-order chi connectivity index (χ1) is 7.19. The van der Waals surface area contributed by atoms with Crippen molar-refractivity contribution in [3.05, 3.63) is 0 Å². The largest absolute Gasteiger partial charge is 0.329 e. The average Bonchev–Trinajstić information content (AvgIpc) is 2.14. The molecule has 4 N–H and O–H groups in total. The molecule has 2 nitrogen and oxygen atoms in total. The van der Waals surface area contributed by atoms with Crippen LogP contribution in [0.5, 0.6) is 0 Å². The van der Waals surface area contributed by atoms with E-state index in [1.165, 1.54) is 44.9 Å². The molecule has 0 heterocycles. The van der Waals surface area contributed by atoms with Crippen molar-refractivity contribution in [2.24, 2.45) is 34.6 Å². The first-order valence-electron chi connectivity index (χ1n) is 6.65. The molecule has 2 heteroatoms. The van der Waals surface area contributed by atoms with Gasteiger partial charge in [0.05, 0.1) is 0 Å². The van der Waals surface area contributed by atoms with Crippen molar-refractivity contribution in [3.63, 3.8) is 0 Å². The van der Waals surface area contributed by atoms with Crippen molar-refractivity contribution in [1.29, 1.82) is 0 Å². The Labute approximate surface area is 92.8 Å². The van der Waals surface area contributed by atoms with Gasteiger partial charge in [-0.25, -0.2) is 0 Å². The third kappa shape index (κ3) is 1.72. The molecule has 4 fully saturated rings. The molecule has 0 aromatic rings. The van der Waals surface area contributed by atoms with Crippen LogP contribution in [0.3, 0.4) is 0 Å². The molecular formula is C13H24N2. The molecule has 1 atom stereocenters. The lowest BCUT2D eigenvalue weighted by atomic mass is 9.48. The fourth-order valence-corrected chi connectivity index (χ4v) is 5.18. The predicted octanol–water partition coefficient (Wildman–Crippen LogP) is 1.88. The van der Waals surface area contributed by atoms with E-state index in [9.17, 15) is 0 Å². The van der Waals surface area contributed by atoms with Crippen LogP contribution in [0.2, 0.25) is 0 Å². The van der Waals surface area contributed by atoms with Gasteiger partial charge in [-0.1, -0.05) is 0 Å². The second-order valence-corrected chi connectivity index (χ2v) is 6.62. The summed E-state index contributed by atoms with van der Waals surface area (Å²) in [6.07, 6.45) is 10.2. The smallest absolute Gasteiger partial charge is 0.0168 e. The second-order valence-electron chi connectivity index (χ2n) is 6.62. The summed E-state index contributed by atoms with van der Waals surface area (Å²) in [5, 5.41) is 0. The summed E-state index contributed by atoms with van der Waals surface area (Å²) in [5.74, 6) is 3.13. The molecule has 15 heavy (non-hydrogen) atoms. The summed E-state index contributed by atoms with van der Waals surface area (Å²) in [6.45, 7) is 0.668. The van der Waals surface area contributed by atoms with E-state index in [4.69, 9.17) is 11.5 Å². The number of hydrogen-bond donors (Lipinski definition) is 2. The van der Waals surface area contributed by atoms with Crippen molar-refractivity contribution in [3.8, 4) is 0 Å². The standard InChI is InChI=1S/C13H24N2/c14-8-12(15)7-13-4-9-1-10(5-13)3-11(2-9)6-13/h9-12H,1-8,14-15H2. The Morgan fingerprint density at radius 2 is 1.47 bits per heavy atom. The van der Waals surface area contributed by atoms with E-state index in [-0.39, 0.29) is 6.04 Å². The van der Waals surface area contributed by atoms with Crippen molar-refractivity contribution in [2.45, 2.75) is 51.0 Å². The maximum absolute atomic E-state index is 6.07. The van der Waals surface area contributed by atoms with E-state index in [1.54, 1.807) is 0 Å². The van der Waals surface area contributed by atoms with Gasteiger partial charge in [-0.3, -0.25) is 0 Å². The fourth-order valence-electron chi connectivity index (χ4n) is 5.18. The molecule has 4 saturated carbocycles. The maximum atomic E-state index is 6.07. The molecule has 4 rings (SSSR count). The topological polar surface area (TPSA) is 52.0 Å². The highest BCUT2D eigenvalue weighted by molar-refractivity contribution is 5.02. The molecule has 4 bridgehead atoms. The lowest BCUT2D eigenvalue weighted by Gasteiger charge is -2.57. The first-order valence-corrected chi connectivity index (χ1v) is 6.65. The van der Waals surface area contributed by atoms with Crippen LogP contribution in [0, 0.1) is 23.2 Å². The summed E-state index contributed by atoms with van der Waals surface area (Å²) in [7, 11) is 0. The van der Waals surface area contributed by atoms with Gasteiger partial charge in [0.2, 0.25) is 0 Å². The molecular weight excluding hydrogens is 184 g/mol. The SMILES string of the molecule is NCC(N)CC12CC3CC(CC(C3)C1)C2. The van der Waals surface area contributed by atoms with Crippen LogP contribution in [0.4, 0.5) is 0 Å². The Bertz CT molecular complexity index is 214. The van der Waals surface area contributed by atoms with Crippen LogP contribution in [0.1, 0.15) is 44.9 Å². The zero-order chi connectivity index (χ0) is 10.5. The van der Waals surface area contributed by atoms with Crippen LogP contribution in [0.25, 0.3) is 0 Å². The van der Waals surface area contributed by atoms with Gasteiger partial charge in [0.15, 0.2) is 0 Å². The molecule has 0 spiro atoms. The van der Waals surface area contributed by atoms with Crippen LogP contribution in [-0.2, 0) is 0 Å². The molecule has 0 saturated heterocycles. The monoisotopic (exact) mass is 208 g/mol. The molecule has 4 aliphatic carbocycles. The Kier molecular flexibility index (Phi) is 2.33. The minimum absolute atomic E-state index is 0.251. The minimum atomic E-state index is 0.251. The van der Waals surface area contributed by atoms with Crippen molar-refractivity contribution >= 4 is 0 Å². The summed E-state index contributed by atoms with van der Waals surface area (Å²) in [4.78, 5) is 0. The number of rotatable bonds is 3. The zero-order valence-corrected chi connectivity index (χ0v) is 9.62. The molecule has 0 aromatic heterocycles. The Hall–Kier alpha value is -0.0800. The summed E-state index contributed by atoms with van der Waals surface area (Å²) < 4.78 is 0. The lowest BCUT2D eigenvalue weighted by molar-refractivity contribution is -0.0599. The van der Waals surface area contributed by atoms with Gasteiger partial charge in [0, 0.05) is 12.6 Å². The summed E-state index contributed by atoms with van der Waals surface area (Å²) in [6, 6.07) is 0.251. The molecule has 0 amide bonds. The van der Waals surface area contributed by atoms with E-state index < -0.39 is 0 Å². The van der Waals surface area contributed by atoms with Crippen molar-refractivity contribution < 1.29 is 0 Å². The lowest BCUT2D eigenvalue weighted by Crippen LogP contribution is -2.49. The first kappa shape index (κ1) is 10.1. The predicted molar refractivity (Wildman–Crippen MR) is 62.3 cm³/mol. The Morgan fingerprint density at radius 3 is 1.87 bits per heavy atom. The molecule has 1 unspecified atom stereocenters. The van der Waals surface area contributed by atoms with Crippen LogP contribution in [-0.4, -0.2) is 12.6 Å². The average molecular weight is 208 g/mol. The van der Waals surface area contributed by atoms with Gasteiger partial charge < -0.3 is 11.5 Å². The molecule has 0 aromatic carbocycles. The van der Waals surface area contributed by atoms with E-state index in [1.807, 2.05) is 0 Å². The van der Waals surface area contributed by atoms with E-state index in [0.29, 0.717) is 12.0 Å². The van der Waals surface area contributed by atoms with E-state index >= 15 is 0 Å². The number of hydrogen-bond acceptors (Lipinski definition) is 2. The van der Waals surface area contributed by atoms with E-state index in [0.717, 1.165) is 17.8 Å². The highest BCUT2D eigenvalue weighted by atomic mass is 14.7. The quantitative estimate of drug-likeness (QED) is 0.744. The van der Waals surface area contributed by atoms with Gasteiger partial charge in [-0.05, 0) is 68.1 Å². The van der Waals surface area contributed by atoms with Crippen LogP contribution >= 0.6 is 0 Å². The fraction of sp³-hybridized carbons (Fsp3) is 1.00. The molecule has 4 aliphatic rings. The van der Waals surface area contributed by atoms with Crippen LogP contribution < -0.4 is 11.5 Å². The van der Waals surface area contributed by atoms with Gasteiger partial charge in [-0.2, -0.15) is 0 Å². The summed E-state index contributed by atoms with van der Waals surface area (Å²) >= 11 is 0. The molecule has 0 radical (unpaired) electrons. The third-order valence-electron chi connectivity index (χ3n) is 5.16. The summed E-state index contributed by atoms with van der Waals surface area (Å²) in [5.41, 5.74) is 12.4. The Morgan fingerprint density at radius 1 is 1.00 bits per heavy atom. The normalized spacial score (nSPS) is 49.6. The van der Waals surface area contributed by atoms with Crippen molar-refractivity contribution in [2.75, 3.05) is 6.54 Å². The highest BCUT2D eigenvalue weighted by Crippen LogP contribution is 2.61. The van der Waals surface area contributed by atoms with Gasteiger partial charge in [-0.15, -0.1) is 0 Å². The number of nitrogens with two attached hydrogens (primary N) is 2. The zero-order valence-electron chi connectivity index (χ0n) is 9.62. The Balaban J connectivity index is 1.75. The van der Waals surface area contributed by atoms with Crippen LogP contribution in [0.15, 0.2) is 0 Å². The van der Waals surface area contributed by atoms with Gasteiger partial charge >= 0.3 is 0 Å². The molecule has 86 valence electrons. The third-order valence-corrected chi connectivity index (χ3v) is 5.16. The van der Waals surface area contributed by atoms with Crippen molar-refractivity contribution in [1.82, 2.24) is 0 Å². The van der Waals surface area contributed by atoms with Gasteiger partial charge in [0.25, 0.3) is 0 Å². The molecule has 0 aliphatic heterocycles. The highest BCUT2D eigenvalue weighted by Gasteiger charge is 2.50.